The van der Waals surface area contributed by atoms with Crippen molar-refractivity contribution in [2.45, 2.75) is 32.2 Å². The largest absolute Gasteiger partial charge is 0.337 e. The fourth-order valence-electron chi connectivity index (χ4n) is 1.97. The van der Waals surface area contributed by atoms with Crippen molar-refractivity contribution in [1.29, 1.82) is 0 Å². The zero-order valence-corrected chi connectivity index (χ0v) is 11.9. The standard InChI is InChI=1S/C12H18N2OS.ClH/c1-8(7-13)14(2)12(15)11-6-9-4-3-5-10(9)16-11;/h6,8H,3-5,7,13H2,1-2H3;1H. The highest BCUT2D eigenvalue weighted by molar-refractivity contribution is 7.14. The zero-order chi connectivity index (χ0) is 11.7. The van der Waals surface area contributed by atoms with Crippen LogP contribution in [0.5, 0.6) is 0 Å². The number of nitrogens with two attached hydrogens (primary N) is 1. The molecule has 3 nitrogen and oxygen atoms in total. The molecule has 96 valence electrons. The van der Waals surface area contributed by atoms with Crippen molar-refractivity contribution < 1.29 is 4.79 Å². The lowest BCUT2D eigenvalue weighted by molar-refractivity contribution is 0.0753. The Hall–Kier alpha value is -0.580. The van der Waals surface area contributed by atoms with Crippen LogP contribution in [0.25, 0.3) is 0 Å². The first kappa shape index (κ1) is 14.5. The number of carbonyl (C=O) groups excluding carboxylic acids is 1. The Labute approximate surface area is 112 Å². The second kappa shape index (κ2) is 5.85. The molecule has 0 aliphatic heterocycles. The molecule has 0 aromatic carbocycles. The average molecular weight is 275 g/mol. The van der Waals surface area contributed by atoms with Crippen LogP contribution in [-0.2, 0) is 12.8 Å². The highest BCUT2D eigenvalue weighted by Crippen LogP contribution is 2.31. The maximum atomic E-state index is 12.1. The maximum Gasteiger partial charge on any atom is 0.263 e. The topological polar surface area (TPSA) is 46.3 Å². The van der Waals surface area contributed by atoms with E-state index in [2.05, 4.69) is 6.07 Å². The molecule has 1 aliphatic carbocycles. The second-order valence-electron chi connectivity index (χ2n) is 4.41. The van der Waals surface area contributed by atoms with Gasteiger partial charge in [0.05, 0.1) is 4.88 Å². The first-order valence-electron chi connectivity index (χ1n) is 5.72. The summed E-state index contributed by atoms with van der Waals surface area (Å²) >= 11 is 1.65. The summed E-state index contributed by atoms with van der Waals surface area (Å²) in [6.45, 7) is 2.48. The molecule has 1 heterocycles. The Balaban J connectivity index is 0.00000144. The number of thiophene rings is 1. The van der Waals surface area contributed by atoms with Crippen LogP contribution >= 0.6 is 23.7 Å². The SMILES string of the molecule is CC(CN)N(C)C(=O)c1cc2c(s1)CCC2.Cl. The Morgan fingerprint density at radius 1 is 1.59 bits per heavy atom. The Kier molecular flexibility index (Phi) is 4.98. The van der Waals surface area contributed by atoms with Crippen LogP contribution in [-0.4, -0.2) is 30.4 Å². The van der Waals surface area contributed by atoms with Gasteiger partial charge in [0.25, 0.3) is 5.91 Å². The minimum absolute atomic E-state index is 0. The first-order chi connectivity index (χ1) is 7.63. The Morgan fingerprint density at radius 3 is 2.88 bits per heavy atom. The first-order valence-corrected chi connectivity index (χ1v) is 6.54. The van der Waals surface area contributed by atoms with Gasteiger partial charge >= 0.3 is 0 Å². The molecule has 1 amide bonds. The molecule has 0 saturated carbocycles. The number of halogens is 1. The number of hydrogen-bond donors (Lipinski definition) is 1. The molecule has 2 rings (SSSR count). The molecule has 2 N–H and O–H groups in total. The molecular formula is C12H19ClN2OS. The number of aryl methyl sites for hydroxylation is 2. The van der Waals surface area contributed by atoms with Gasteiger partial charge in [-0.3, -0.25) is 4.79 Å². The summed E-state index contributed by atoms with van der Waals surface area (Å²) in [7, 11) is 1.82. The quantitative estimate of drug-likeness (QED) is 0.917. The highest BCUT2D eigenvalue weighted by atomic mass is 35.5. The van der Waals surface area contributed by atoms with E-state index in [1.807, 2.05) is 14.0 Å². The van der Waals surface area contributed by atoms with Gasteiger partial charge in [-0.1, -0.05) is 0 Å². The van der Waals surface area contributed by atoms with Crippen molar-refractivity contribution >= 4 is 29.7 Å². The van der Waals surface area contributed by atoms with Crippen LogP contribution in [0.3, 0.4) is 0 Å². The Bertz CT molecular complexity index is 384. The lowest BCUT2D eigenvalue weighted by Crippen LogP contribution is -2.39. The third-order valence-electron chi connectivity index (χ3n) is 3.28. The summed E-state index contributed by atoms with van der Waals surface area (Å²) in [4.78, 5) is 16.1. The number of fused-ring (bicyclic) bond motifs is 1. The number of rotatable bonds is 3. The van der Waals surface area contributed by atoms with Gasteiger partial charge in [0.15, 0.2) is 0 Å². The van der Waals surface area contributed by atoms with E-state index in [-0.39, 0.29) is 24.4 Å². The molecule has 1 aromatic heterocycles. The van der Waals surface area contributed by atoms with E-state index in [1.165, 1.54) is 16.9 Å². The summed E-state index contributed by atoms with van der Waals surface area (Å²) in [5.74, 6) is 0.109. The molecule has 17 heavy (non-hydrogen) atoms. The molecule has 0 spiro atoms. The lowest BCUT2D eigenvalue weighted by atomic mass is 10.2. The molecule has 1 aromatic rings. The minimum atomic E-state index is 0. The molecule has 5 heteroatoms. The predicted octanol–water partition coefficient (Wildman–Crippen LogP) is 2.08. The average Bonchev–Trinajstić information content (AvgIpc) is 2.85. The van der Waals surface area contributed by atoms with E-state index in [0.717, 1.165) is 17.7 Å². The van der Waals surface area contributed by atoms with Crippen molar-refractivity contribution in [3.8, 4) is 0 Å². The molecule has 1 atom stereocenters. The van der Waals surface area contributed by atoms with Crippen LogP contribution in [0.1, 0.15) is 33.5 Å². The minimum Gasteiger partial charge on any atom is -0.337 e. The fraction of sp³-hybridized carbons (Fsp3) is 0.583. The summed E-state index contributed by atoms with van der Waals surface area (Å²) in [5.41, 5.74) is 6.95. The van der Waals surface area contributed by atoms with Crippen molar-refractivity contribution in [2.75, 3.05) is 13.6 Å². The summed E-state index contributed by atoms with van der Waals surface area (Å²) in [5, 5.41) is 0. The van der Waals surface area contributed by atoms with Crippen LogP contribution in [0.4, 0.5) is 0 Å². The molecule has 0 fully saturated rings. The van der Waals surface area contributed by atoms with Crippen molar-refractivity contribution in [3.63, 3.8) is 0 Å². The number of amides is 1. The van der Waals surface area contributed by atoms with Crippen LogP contribution in [0, 0.1) is 0 Å². The van der Waals surface area contributed by atoms with E-state index in [1.54, 1.807) is 16.2 Å². The number of nitrogens with zero attached hydrogens (tertiary/aromatic N) is 1. The molecule has 0 bridgehead atoms. The number of hydrogen-bond acceptors (Lipinski definition) is 3. The van der Waals surface area contributed by atoms with Gasteiger partial charge in [0.2, 0.25) is 0 Å². The third kappa shape index (κ3) is 2.81. The fourth-order valence-corrected chi connectivity index (χ4v) is 3.20. The predicted molar refractivity (Wildman–Crippen MR) is 74.2 cm³/mol. The summed E-state index contributed by atoms with van der Waals surface area (Å²) in [6, 6.07) is 2.17. The zero-order valence-electron chi connectivity index (χ0n) is 10.2. The van der Waals surface area contributed by atoms with E-state index in [4.69, 9.17) is 5.73 Å². The van der Waals surface area contributed by atoms with Gasteiger partial charge in [0, 0.05) is 24.5 Å². The van der Waals surface area contributed by atoms with Gasteiger partial charge in [-0.2, -0.15) is 0 Å². The van der Waals surface area contributed by atoms with Crippen molar-refractivity contribution in [1.82, 2.24) is 4.90 Å². The van der Waals surface area contributed by atoms with Crippen molar-refractivity contribution in [2.24, 2.45) is 5.73 Å². The monoisotopic (exact) mass is 274 g/mol. The summed E-state index contributed by atoms with van der Waals surface area (Å²) in [6.07, 6.45) is 3.52. The van der Waals surface area contributed by atoms with Crippen LogP contribution < -0.4 is 5.73 Å². The van der Waals surface area contributed by atoms with E-state index < -0.39 is 0 Å². The van der Waals surface area contributed by atoms with Gasteiger partial charge in [-0.05, 0) is 37.8 Å². The smallest absolute Gasteiger partial charge is 0.263 e. The Morgan fingerprint density at radius 2 is 2.29 bits per heavy atom. The maximum absolute atomic E-state index is 12.1. The van der Waals surface area contributed by atoms with Gasteiger partial charge < -0.3 is 10.6 Å². The van der Waals surface area contributed by atoms with E-state index in [9.17, 15) is 4.79 Å². The molecule has 0 radical (unpaired) electrons. The molecular weight excluding hydrogens is 256 g/mol. The lowest BCUT2D eigenvalue weighted by Gasteiger charge is -2.22. The van der Waals surface area contributed by atoms with Gasteiger partial charge in [-0.25, -0.2) is 0 Å². The summed E-state index contributed by atoms with van der Waals surface area (Å²) < 4.78 is 0. The number of likely N-dealkylation sites (N-methyl/N-ethyl adjacent to an activating group) is 1. The van der Waals surface area contributed by atoms with Gasteiger partial charge in [0.1, 0.15) is 0 Å². The van der Waals surface area contributed by atoms with Gasteiger partial charge in [-0.15, -0.1) is 23.7 Å². The number of carbonyl (C=O) groups is 1. The normalized spacial score (nSPS) is 15.0. The van der Waals surface area contributed by atoms with Crippen molar-refractivity contribution in [3.05, 3.63) is 21.4 Å². The molecule has 1 aliphatic rings. The van der Waals surface area contributed by atoms with Crippen LogP contribution in [0.2, 0.25) is 0 Å². The van der Waals surface area contributed by atoms with Crippen LogP contribution in [0.15, 0.2) is 6.07 Å². The highest BCUT2D eigenvalue weighted by Gasteiger charge is 2.22. The second-order valence-corrected chi connectivity index (χ2v) is 5.55. The van der Waals surface area contributed by atoms with E-state index in [0.29, 0.717) is 6.54 Å². The molecule has 0 saturated heterocycles. The molecule has 1 unspecified atom stereocenters. The third-order valence-corrected chi connectivity index (χ3v) is 4.51. The van der Waals surface area contributed by atoms with E-state index >= 15 is 0 Å².